The molecule has 0 saturated heterocycles. The van der Waals surface area contributed by atoms with Gasteiger partial charge < -0.3 is 33.2 Å². The smallest absolute Gasteiger partial charge is 0.398 e. The molecule has 160 valence electrons. The van der Waals surface area contributed by atoms with Gasteiger partial charge in [-0.3, -0.25) is 0 Å². The van der Waals surface area contributed by atoms with E-state index in [0.717, 1.165) is 31.9 Å². The Labute approximate surface area is 163 Å². The highest BCUT2D eigenvalue weighted by Gasteiger charge is 2.47. The molecule has 9 heteroatoms. The van der Waals surface area contributed by atoms with Crippen LogP contribution in [0.25, 0.3) is 0 Å². The van der Waals surface area contributed by atoms with Crippen LogP contribution in [0.4, 0.5) is 0 Å². The molecule has 0 saturated carbocycles. The molecule has 26 heavy (non-hydrogen) atoms. The van der Waals surface area contributed by atoms with E-state index in [2.05, 4.69) is 18.8 Å². The first-order valence-electron chi connectivity index (χ1n) is 9.78. The molecule has 3 N–H and O–H groups in total. The Hall–Kier alpha value is 0.154. The van der Waals surface area contributed by atoms with Gasteiger partial charge in [0.1, 0.15) is 0 Å². The Morgan fingerprint density at radius 3 is 1.62 bits per heavy atom. The van der Waals surface area contributed by atoms with Crippen LogP contribution in [0.3, 0.4) is 0 Å². The summed E-state index contributed by atoms with van der Waals surface area (Å²) in [6.07, 6.45) is 3.12. The molecule has 0 heterocycles. The van der Waals surface area contributed by atoms with Crippen molar-refractivity contribution in [2.75, 3.05) is 47.6 Å². The summed E-state index contributed by atoms with van der Waals surface area (Å²) in [4.78, 5) is 0. The lowest BCUT2D eigenvalue weighted by Crippen LogP contribution is -2.61. The van der Waals surface area contributed by atoms with E-state index in [1.54, 1.807) is 14.2 Å². The largest absolute Gasteiger partial charge is 0.518 e. The van der Waals surface area contributed by atoms with E-state index in [-0.39, 0.29) is 5.67 Å². The molecule has 0 amide bonds. The zero-order valence-corrected chi connectivity index (χ0v) is 20.4. The van der Waals surface area contributed by atoms with Gasteiger partial charge in [-0.2, -0.15) is 0 Å². The monoisotopic (exact) mass is 412 g/mol. The van der Waals surface area contributed by atoms with Gasteiger partial charge in [0.25, 0.3) is 0 Å². The van der Waals surface area contributed by atoms with E-state index in [9.17, 15) is 0 Å². The SMILES string of the molecule is CCO[Si](OCC)(OCC)C(CC)NC.CO[Si](C)(CCCCN)OC. The maximum Gasteiger partial charge on any atom is 0.518 e. The second-order valence-electron chi connectivity index (χ2n) is 5.94. The summed E-state index contributed by atoms with van der Waals surface area (Å²) in [5.41, 5.74) is 5.55. The Balaban J connectivity index is 0. The van der Waals surface area contributed by atoms with Crippen molar-refractivity contribution in [3.63, 3.8) is 0 Å². The van der Waals surface area contributed by atoms with Crippen LogP contribution in [0.1, 0.15) is 47.0 Å². The maximum atomic E-state index is 5.79. The van der Waals surface area contributed by atoms with Crippen LogP contribution < -0.4 is 11.1 Å². The molecular weight excluding hydrogens is 368 g/mol. The van der Waals surface area contributed by atoms with Gasteiger partial charge in [-0.25, -0.2) is 0 Å². The first-order chi connectivity index (χ1) is 12.4. The third-order valence-corrected chi connectivity index (χ3v) is 10.8. The molecule has 7 nitrogen and oxygen atoms in total. The van der Waals surface area contributed by atoms with Crippen molar-refractivity contribution in [3.05, 3.63) is 0 Å². The van der Waals surface area contributed by atoms with E-state index < -0.39 is 17.4 Å². The molecule has 0 aromatic carbocycles. The predicted molar refractivity (Wildman–Crippen MR) is 113 cm³/mol. The summed E-state index contributed by atoms with van der Waals surface area (Å²) in [5.74, 6) is 0. The fraction of sp³-hybridized carbons (Fsp3) is 1.00. The number of nitrogens with two attached hydrogens (primary N) is 1. The van der Waals surface area contributed by atoms with Crippen LogP contribution in [-0.4, -0.2) is 70.7 Å². The van der Waals surface area contributed by atoms with E-state index >= 15 is 0 Å². The third kappa shape index (κ3) is 11.1. The molecule has 0 spiro atoms. The number of hydrogen-bond donors (Lipinski definition) is 2. The fourth-order valence-electron chi connectivity index (χ4n) is 2.54. The van der Waals surface area contributed by atoms with Gasteiger partial charge in [-0.15, -0.1) is 0 Å². The minimum absolute atomic E-state index is 0.178. The molecule has 0 rings (SSSR count). The molecule has 0 aliphatic rings. The van der Waals surface area contributed by atoms with E-state index in [1.807, 2.05) is 27.8 Å². The second-order valence-corrected chi connectivity index (χ2v) is 12.3. The van der Waals surface area contributed by atoms with Gasteiger partial charge in [0.15, 0.2) is 0 Å². The van der Waals surface area contributed by atoms with Crippen LogP contribution in [0, 0.1) is 0 Å². The van der Waals surface area contributed by atoms with Gasteiger partial charge in [0.2, 0.25) is 0 Å². The molecule has 1 atom stereocenters. The lowest BCUT2D eigenvalue weighted by Gasteiger charge is -2.34. The van der Waals surface area contributed by atoms with Crippen LogP contribution >= 0.6 is 0 Å². The Morgan fingerprint density at radius 2 is 1.35 bits per heavy atom. The zero-order chi connectivity index (χ0) is 20.5. The summed E-state index contributed by atoms with van der Waals surface area (Å²) in [7, 11) is 1.04. The normalized spacial score (nSPS) is 13.3. The molecule has 0 fully saturated rings. The van der Waals surface area contributed by atoms with Gasteiger partial charge in [0, 0.05) is 34.0 Å². The fourth-order valence-corrected chi connectivity index (χ4v) is 6.92. The van der Waals surface area contributed by atoms with Crippen LogP contribution in [-0.2, 0) is 22.1 Å². The van der Waals surface area contributed by atoms with Crippen molar-refractivity contribution in [1.82, 2.24) is 5.32 Å². The van der Waals surface area contributed by atoms with Gasteiger partial charge in [0.05, 0.1) is 5.67 Å². The minimum atomic E-state index is -2.54. The molecule has 0 bridgehead atoms. The van der Waals surface area contributed by atoms with Crippen molar-refractivity contribution in [1.29, 1.82) is 0 Å². The molecule has 0 aliphatic heterocycles. The highest BCUT2D eigenvalue weighted by atomic mass is 28.4. The van der Waals surface area contributed by atoms with Gasteiger partial charge in [-0.1, -0.05) is 13.3 Å². The Morgan fingerprint density at radius 1 is 0.885 bits per heavy atom. The van der Waals surface area contributed by atoms with Gasteiger partial charge in [-0.05, 0) is 59.8 Å². The van der Waals surface area contributed by atoms with Crippen molar-refractivity contribution in [2.45, 2.75) is 65.2 Å². The van der Waals surface area contributed by atoms with E-state index in [1.165, 1.54) is 0 Å². The lowest BCUT2D eigenvalue weighted by molar-refractivity contribution is 0.0583. The quantitative estimate of drug-likeness (QED) is 0.316. The van der Waals surface area contributed by atoms with Crippen LogP contribution in [0.2, 0.25) is 12.6 Å². The Bertz CT molecular complexity index is 290. The molecule has 0 aromatic rings. The summed E-state index contributed by atoms with van der Waals surface area (Å²) in [6.45, 7) is 12.8. The van der Waals surface area contributed by atoms with Crippen molar-refractivity contribution in [3.8, 4) is 0 Å². The third-order valence-electron chi connectivity index (χ3n) is 4.17. The minimum Gasteiger partial charge on any atom is -0.398 e. The standard InChI is InChI=1S/C10H25NO3Si.C7H19NO2Si/c1-6-10(11-5)15(12-7-2,13-8-3)14-9-4;1-9-11(3,10-2)7-5-4-6-8/h10-11H,6-9H2,1-5H3;4-8H2,1-3H3. The molecule has 0 radical (unpaired) electrons. The van der Waals surface area contributed by atoms with Gasteiger partial charge >= 0.3 is 17.4 Å². The number of rotatable bonds is 15. The average molecular weight is 413 g/mol. The zero-order valence-electron chi connectivity index (χ0n) is 18.4. The molecule has 0 aromatic heterocycles. The lowest BCUT2D eigenvalue weighted by atomic mass is 10.3. The first kappa shape index (κ1) is 28.4. The first-order valence-corrected chi connectivity index (χ1v) is 14.1. The van der Waals surface area contributed by atoms with E-state index in [4.69, 9.17) is 27.9 Å². The summed E-state index contributed by atoms with van der Waals surface area (Å²) in [5, 5.41) is 3.23. The Kier molecular flexibility index (Phi) is 18.8. The number of nitrogens with one attached hydrogen (secondary N) is 1. The van der Waals surface area contributed by atoms with Crippen molar-refractivity contribution < 1.29 is 22.1 Å². The summed E-state index contributed by atoms with van der Waals surface area (Å²) < 4.78 is 28.0. The highest BCUT2D eigenvalue weighted by molar-refractivity contribution is 6.65. The number of unbranched alkanes of at least 4 members (excludes halogenated alkanes) is 1. The van der Waals surface area contributed by atoms with Crippen molar-refractivity contribution in [2.24, 2.45) is 5.73 Å². The van der Waals surface area contributed by atoms with Crippen LogP contribution in [0.15, 0.2) is 0 Å². The second kappa shape index (κ2) is 17.3. The molecule has 0 aliphatic carbocycles. The maximum absolute atomic E-state index is 5.79. The average Bonchev–Trinajstić information content (AvgIpc) is 2.64. The van der Waals surface area contributed by atoms with Crippen LogP contribution in [0.5, 0.6) is 0 Å². The van der Waals surface area contributed by atoms with Crippen molar-refractivity contribution >= 4 is 17.4 Å². The molecule has 1 unspecified atom stereocenters. The summed E-state index contributed by atoms with van der Waals surface area (Å²) >= 11 is 0. The summed E-state index contributed by atoms with van der Waals surface area (Å²) in [6, 6.07) is 1.04. The highest BCUT2D eigenvalue weighted by Crippen LogP contribution is 2.17. The number of hydrogen-bond acceptors (Lipinski definition) is 7. The molecular formula is C17H44N2O5Si2. The topological polar surface area (TPSA) is 84.2 Å². The van der Waals surface area contributed by atoms with E-state index in [0.29, 0.717) is 19.8 Å². The predicted octanol–water partition coefficient (Wildman–Crippen LogP) is 2.66.